The Balaban J connectivity index is 1.86. The van der Waals surface area contributed by atoms with Crippen molar-refractivity contribution in [1.29, 1.82) is 0 Å². The van der Waals surface area contributed by atoms with Crippen LogP contribution < -0.4 is 0 Å². The van der Waals surface area contributed by atoms with Crippen LogP contribution in [0.4, 0.5) is 0 Å². The minimum atomic E-state index is -0.0787. The fourth-order valence-electron chi connectivity index (χ4n) is 3.56. The first-order valence-corrected chi connectivity index (χ1v) is 10.3. The van der Waals surface area contributed by atoms with E-state index in [0.717, 1.165) is 24.0 Å². The molecule has 0 heterocycles. The predicted molar refractivity (Wildman–Crippen MR) is 119 cm³/mol. The molecule has 0 aliphatic heterocycles. The van der Waals surface area contributed by atoms with Crippen LogP contribution in [0.5, 0.6) is 0 Å². The van der Waals surface area contributed by atoms with Gasteiger partial charge in [0, 0.05) is 18.4 Å². The van der Waals surface area contributed by atoms with Gasteiger partial charge in [0.25, 0.3) is 0 Å². The number of hydrogen-bond acceptors (Lipinski definition) is 1. The zero-order valence-electron chi connectivity index (χ0n) is 16.7. The quantitative estimate of drug-likeness (QED) is 0.234. The Labute approximate surface area is 168 Å². The van der Waals surface area contributed by atoms with Gasteiger partial charge >= 0.3 is 0 Å². The van der Waals surface area contributed by atoms with Gasteiger partial charge in [-0.2, -0.15) is 0 Å². The molecule has 0 fully saturated rings. The van der Waals surface area contributed by atoms with E-state index in [1.807, 2.05) is 30.3 Å². The zero-order chi connectivity index (χ0) is 19.6. The Kier molecular flexibility index (Phi) is 7.44. The van der Waals surface area contributed by atoms with Gasteiger partial charge in [0.15, 0.2) is 5.78 Å². The molecule has 0 N–H and O–H groups in total. The minimum Gasteiger partial charge on any atom is -0.294 e. The molecule has 28 heavy (non-hydrogen) atoms. The molecule has 0 saturated heterocycles. The molecule has 0 spiro atoms. The molecule has 1 atom stereocenters. The molecule has 0 saturated carbocycles. The highest BCUT2D eigenvalue weighted by Crippen LogP contribution is 2.29. The van der Waals surface area contributed by atoms with Gasteiger partial charge in [-0.05, 0) is 22.8 Å². The van der Waals surface area contributed by atoms with E-state index in [9.17, 15) is 4.79 Å². The summed E-state index contributed by atoms with van der Waals surface area (Å²) in [6.07, 6.45) is 6.18. The topological polar surface area (TPSA) is 17.1 Å². The molecule has 0 bridgehead atoms. The molecule has 0 aromatic heterocycles. The largest absolute Gasteiger partial charge is 0.294 e. The number of unbranched alkanes of at least 4 members (excludes halogenated alkanes) is 4. The normalized spacial score (nSPS) is 11.6. The molecule has 0 radical (unpaired) electrons. The molecule has 3 rings (SSSR count). The zero-order valence-corrected chi connectivity index (χ0v) is 16.7. The molecule has 1 nitrogen and oxygen atoms in total. The molecular weight excluding hydrogens is 340 g/mol. The summed E-state index contributed by atoms with van der Waals surface area (Å²) in [5.74, 6) is 6.87. The lowest BCUT2D eigenvalue weighted by atomic mass is 9.88. The first-order chi connectivity index (χ1) is 13.8. The molecule has 3 aromatic rings. The highest BCUT2D eigenvalue weighted by Gasteiger charge is 2.17. The Morgan fingerprint density at radius 2 is 1.61 bits per heavy atom. The first kappa shape index (κ1) is 19.9. The molecule has 1 heteroatoms. The third-order valence-electron chi connectivity index (χ3n) is 5.12. The van der Waals surface area contributed by atoms with Crippen LogP contribution in [0.3, 0.4) is 0 Å². The third-order valence-corrected chi connectivity index (χ3v) is 5.12. The van der Waals surface area contributed by atoms with Gasteiger partial charge in [-0.3, -0.25) is 4.79 Å². The highest BCUT2D eigenvalue weighted by molar-refractivity contribution is 5.97. The summed E-state index contributed by atoms with van der Waals surface area (Å²) in [7, 11) is 0. The van der Waals surface area contributed by atoms with Gasteiger partial charge in [0.1, 0.15) is 0 Å². The van der Waals surface area contributed by atoms with Crippen molar-refractivity contribution >= 4 is 16.6 Å². The van der Waals surface area contributed by atoms with Crippen LogP contribution in [0.2, 0.25) is 0 Å². The third kappa shape index (κ3) is 5.33. The van der Waals surface area contributed by atoms with Crippen molar-refractivity contribution in [3.8, 4) is 11.8 Å². The van der Waals surface area contributed by atoms with E-state index < -0.39 is 0 Å². The average Bonchev–Trinajstić information content (AvgIpc) is 2.75. The second-order valence-electron chi connectivity index (χ2n) is 7.25. The maximum absolute atomic E-state index is 12.9. The Morgan fingerprint density at radius 1 is 0.857 bits per heavy atom. The van der Waals surface area contributed by atoms with E-state index in [1.54, 1.807) is 0 Å². The van der Waals surface area contributed by atoms with Crippen LogP contribution in [-0.2, 0) is 0 Å². The van der Waals surface area contributed by atoms with E-state index in [1.165, 1.54) is 30.0 Å². The maximum Gasteiger partial charge on any atom is 0.164 e. The maximum atomic E-state index is 12.9. The lowest BCUT2D eigenvalue weighted by Crippen LogP contribution is -2.07. The lowest BCUT2D eigenvalue weighted by Gasteiger charge is -2.14. The molecular formula is C27H28O. The van der Waals surface area contributed by atoms with Crippen LogP contribution >= 0.6 is 0 Å². The van der Waals surface area contributed by atoms with Crippen molar-refractivity contribution in [2.75, 3.05) is 0 Å². The van der Waals surface area contributed by atoms with Crippen molar-refractivity contribution in [3.05, 3.63) is 83.9 Å². The van der Waals surface area contributed by atoms with Crippen molar-refractivity contribution in [1.82, 2.24) is 0 Å². The molecule has 0 amide bonds. The molecule has 0 aliphatic carbocycles. The van der Waals surface area contributed by atoms with Crippen LogP contribution in [0.25, 0.3) is 10.8 Å². The summed E-state index contributed by atoms with van der Waals surface area (Å²) in [5, 5.41) is 2.39. The van der Waals surface area contributed by atoms with Gasteiger partial charge in [-0.1, -0.05) is 105 Å². The second kappa shape index (κ2) is 10.5. The number of carbonyl (C=O) groups is 1. The number of carbonyl (C=O) groups excluding carboxylic acids is 1. The predicted octanol–water partition coefficient (Wildman–Crippen LogP) is 7.17. The van der Waals surface area contributed by atoms with Crippen LogP contribution in [0.1, 0.15) is 67.3 Å². The summed E-state index contributed by atoms with van der Waals surface area (Å²) in [5.41, 5.74) is 1.92. The fraction of sp³-hybridized carbons (Fsp3) is 0.296. The van der Waals surface area contributed by atoms with Gasteiger partial charge in [-0.25, -0.2) is 0 Å². The van der Waals surface area contributed by atoms with Crippen molar-refractivity contribution in [2.24, 2.45) is 0 Å². The van der Waals surface area contributed by atoms with E-state index in [2.05, 4.69) is 61.2 Å². The van der Waals surface area contributed by atoms with Crippen LogP contribution in [0, 0.1) is 11.8 Å². The number of benzene rings is 3. The van der Waals surface area contributed by atoms with E-state index in [4.69, 9.17) is 0 Å². The fourth-order valence-corrected chi connectivity index (χ4v) is 3.56. The van der Waals surface area contributed by atoms with E-state index in [-0.39, 0.29) is 11.7 Å². The summed E-state index contributed by atoms with van der Waals surface area (Å²) >= 11 is 0. The number of ketones is 1. The second-order valence-corrected chi connectivity index (χ2v) is 7.25. The Morgan fingerprint density at radius 3 is 2.43 bits per heavy atom. The summed E-state index contributed by atoms with van der Waals surface area (Å²) in [4.78, 5) is 12.9. The Hall–Kier alpha value is -2.85. The molecule has 3 aromatic carbocycles. The highest BCUT2D eigenvalue weighted by atomic mass is 16.1. The number of fused-ring (bicyclic) bond motifs is 1. The van der Waals surface area contributed by atoms with E-state index in [0.29, 0.717) is 6.42 Å². The first-order valence-electron chi connectivity index (χ1n) is 10.3. The smallest absolute Gasteiger partial charge is 0.164 e. The average molecular weight is 369 g/mol. The van der Waals surface area contributed by atoms with Gasteiger partial charge in [0.2, 0.25) is 0 Å². The number of Topliss-reactive ketones (excluding diaryl/α,β-unsaturated/α-hetero) is 1. The van der Waals surface area contributed by atoms with Gasteiger partial charge < -0.3 is 0 Å². The number of rotatable bonds is 8. The van der Waals surface area contributed by atoms with Gasteiger partial charge in [0.05, 0.1) is 5.92 Å². The molecule has 142 valence electrons. The van der Waals surface area contributed by atoms with Crippen molar-refractivity contribution < 1.29 is 4.79 Å². The summed E-state index contributed by atoms with van der Waals surface area (Å²) in [6.45, 7) is 2.22. The Bertz CT molecular complexity index is 954. The molecule has 0 unspecified atom stereocenters. The lowest BCUT2D eigenvalue weighted by molar-refractivity contribution is 0.0979. The van der Waals surface area contributed by atoms with Crippen molar-refractivity contribution in [3.63, 3.8) is 0 Å². The van der Waals surface area contributed by atoms with Crippen LogP contribution in [-0.4, -0.2) is 5.78 Å². The van der Waals surface area contributed by atoms with Crippen LogP contribution in [0.15, 0.2) is 72.8 Å². The minimum absolute atomic E-state index is 0.0787. The van der Waals surface area contributed by atoms with E-state index >= 15 is 0 Å². The SMILES string of the molecule is CCCCCCC#C[C@H](CC(=O)c1ccccc1)c1cccc2ccccc12. The summed E-state index contributed by atoms with van der Waals surface area (Å²) in [6, 6.07) is 24.2. The standard InChI is InChI=1S/C27H28O/c1-2-3-4-5-6-8-17-24(21-27(28)23-15-9-7-10-16-23)26-20-13-18-22-14-11-12-19-25(22)26/h7,9-16,18-20,24H,2-6,21H2,1H3/t24-/m1/s1. The molecule has 0 aliphatic rings. The van der Waals surface area contributed by atoms with Gasteiger partial charge in [-0.15, -0.1) is 5.92 Å². The number of hydrogen-bond donors (Lipinski definition) is 0. The monoisotopic (exact) mass is 368 g/mol. The summed E-state index contributed by atoms with van der Waals surface area (Å²) < 4.78 is 0. The van der Waals surface area contributed by atoms with Crippen molar-refractivity contribution in [2.45, 2.75) is 51.4 Å².